The van der Waals surface area contributed by atoms with Gasteiger partial charge in [0, 0.05) is 5.56 Å². The van der Waals surface area contributed by atoms with E-state index in [9.17, 15) is 18.4 Å². The molecular formula is C19H19F2NO4. The molecule has 0 bridgehead atoms. The second-order valence-corrected chi connectivity index (χ2v) is 5.39. The van der Waals surface area contributed by atoms with Gasteiger partial charge in [-0.15, -0.1) is 0 Å². The highest BCUT2D eigenvalue weighted by molar-refractivity contribution is 6.02. The van der Waals surface area contributed by atoms with Crippen LogP contribution in [0, 0.1) is 0 Å². The van der Waals surface area contributed by atoms with Gasteiger partial charge in [0.1, 0.15) is 11.8 Å². The normalized spacial score (nSPS) is 12.2. The number of ether oxygens (including phenoxy) is 2. The third-order valence-corrected chi connectivity index (χ3v) is 3.69. The topological polar surface area (TPSA) is 64.6 Å². The van der Waals surface area contributed by atoms with E-state index in [1.54, 1.807) is 25.1 Å². The van der Waals surface area contributed by atoms with Crippen molar-refractivity contribution in [2.24, 2.45) is 0 Å². The molecule has 0 heterocycles. The van der Waals surface area contributed by atoms with E-state index in [4.69, 9.17) is 9.47 Å². The smallest absolute Gasteiger partial charge is 0.407 e. The maximum Gasteiger partial charge on any atom is 0.407 e. The summed E-state index contributed by atoms with van der Waals surface area (Å²) in [7, 11) is 1.43. The van der Waals surface area contributed by atoms with Crippen LogP contribution in [-0.2, 0) is 4.74 Å². The van der Waals surface area contributed by atoms with E-state index in [2.05, 4.69) is 5.32 Å². The summed E-state index contributed by atoms with van der Waals surface area (Å²) in [6.45, 7) is 1.57. The maximum absolute atomic E-state index is 15.0. The zero-order valence-electron chi connectivity index (χ0n) is 14.4. The first-order valence-corrected chi connectivity index (χ1v) is 7.95. The van der Waals surface area contributed by atoms with Crippen LogP contribution >= 0.6 is 0 Å². The van der Waals surface area contributed by atoms with E-state index >= 15 is 0 Å². The first-order valence-electron chi connectivity index (χ1n) is 7.95. The zero-order chi connectivity index (χ0) is 19.2. The molecule has 1 atom stereocenters. The quantitative estimate of drug-likeness (QED) is 0.755. The molecule has 1 unspecified atom stereocenters. The number of carbonyl (C=O) groups excluding carboxylic acids is 2. The zero-order valence-corrected chi connectivity index (χ0v) is 14.4. The summed E-state index contributed by atoms with van der Waals surface area (Å²) in [6.07, 6.45) is -1.02. The fourth-order valence-corrected chi connectivity index (χ4v) is 2.39. The number of methoxy groups -OCH3 is 1. The predicted octanol–water partition coefficient (Wildman–Crippen LogP) is 4.00. The number of amides is 1. The molecule has 0 saturated heterocycles. The number of halogens is 2. The summed E-state index contributed by atoms with van der Waals surface area (Å²) in [5.74, 6) is -4.86. The molecule has 0 fully saturated rings. The average Bonchev–Trinajstić information content (AvgIpc) is 2.66. The monoisotopic (exact) mass is 363 g/mol. The summed E-state index contributed by atoms with van der Waals surface area (Å²) in [6, 6.07) is 11.0. The first kappa shape index (κ1) is 19.4. The summed E-state index contributed by atoms with van der Waals surface area (Å²) in [5.41, 5.74) is -0.102. The molecule has 0 saturated carbocycles. The molecule has 1 N–H and O–H groups in total. The fourth-order valence-electron chi connectivity index (χ4n) is 2.39. The lowest BCUT2D eigenvalue weighted by molar-refractivity contribution is -0.0162. The van der Waals surface area contributed by atoms with Gasteiger partial charge in [-0.1, -0.05) is 30.3 Å². The van der Waals surface area contributed by atoms with Gasteiger partial charge in [-0.3, -0.25) is 4.79 Å². The molecule has 0 aromatic heterocycles. The Balaban J connectivity index is 2.36. The van der Waals surface area contributed by atoms with Gasteiger partial charge in [0.15, 0.2) is 0 Å². The molecule has 26 heavy (non-hydrogen) atoms. The molecule has 0 spiro atoms. The number of rotatable bonds is 7. The van der Waals surface area contributed by atoms with Gasteiger partial charge in [0.2, 0.25) is 5.78 Å². The first-order chi connectivity index (χ1) is 12.4. The molecule has 0 aliphatic heterocycles. The van der Waals surface area contributed by atoms with E-state index in [0.29, 0.717) is 5.75 Å². The molecule has 2 aromatic carbocycles. The third-order valence-electron chi connectivity index (χ3n) is 3.69. The largest absolute Gasteiger partial charge is 0.497 e. The van der Waals surface area contributed by atoms with E-state index in [-0.39, 0.29) is 17.7 Å². The van der Waals surface area contributed by atoms with Gasteiger partial charge in [0.25, 0.3) is 0 Å². The molecule has 0 aliphatic carbocycles. The Labute approximate surface area is 149 Å². The van der Waals surface area contributed by atoms with Crippen LogP contribution in [0.1, 0.15) is 28.9 Å². The highest BCUT2D eigenvalue weighted by Gasteiger charge is 2.49. The molecular weight excluding hydrogens is 344 g/mol. The van der Waals surface area contributed by atoms with Crippen LogP contribution in [0.5, 0.6) is 5.75 Å². The van der Waals surface area contributed by atoms with Gasteiger partial charge in [-0.2, -0.15) is 8.78 Å². The summed E-state index contributed by atoms with van der Waals surface area (Å²) in [4.78, 5) is 24.2. The van der Waals surface area contributed by atoms with E-state index < -0.39 is 23.8 Å². The number of hydrogen-bond donors (Lipinski definition) is 1. The van der Waals surface area contributed by atoms with E-state index in [1.165, 1.54) is 43.5 Å². The van der Waals surface area contributed by atoms with Gasteiger partial charge in [-0.05, 0) is 36.8 Å². The molecule has 2 rings (SSSR count). The van der Waals surface area contributed by atoms with Crippen molar-refractivity contribution in [3.63, 3.8) is 0 Å². The Morgan fingerprint density at radius 1 is 1.08 bits per heavy atom. The number of alkyl carbamates (subject to hydrolysis) is 1. The minimum absolute atomic E-state index is 0.0192. The Kier molecular flexibility index (Phi) is 6.27. The minimum Gasteiger partial charge on any atom is -0.497 e. The number of nitrogens with one attached hydrogen (secondary N) is 1. The summed E-state index contributed by atoms with van der Waals surface area (Å²) >= 11 is 0. The number of carbonyl (C=O) groups is 2. The molecule has 0 aliphatic rings. The molecule has 1 amide bonds. The van der Waals surface area contributed by atoms with E-state index in [0.717, 1.165) is 0 Å². The summed E-state index contributed by atoms with van der Waals surface area (Å²) in [5, 5.41) is 2.09. The van der Waals surface area contributed by atoms with Crippen molar-refractivity contribution in [2.45, 2.75) is 18.9 Å². The van der Waals surface area contributed by atoms with Gasteiger partial charge < -0.3 is 14.8 Å². The number of alkyl halides is 2. The average molecular weight is 363 g/mol. The predicted molar refractivity (Wildman–Crippen MR) is 91.6 cm³/mol. The van der Waals surface area contributed by atoms with Crippen LogP contribution in [0.3, 0.4) is 0 Å². The van der Waals surface area contributed by atoms with Crippen LogP contribution in [0.25, 0.3) is 0 Å². The van der Waals surface area contributed by atoms with Crippen molar-refractivity contribution < 1.29 is 27.8 Å². The minimum atomic E-state index is -3.89. The molecule has 7 heteroatoms. The summed E-state index contributed by atoms with van der Waals surface area (Å²) < 4.78 is 39.6. The SMILES string of the molecule is CCOC(=O)NC(c1ccccc1)C(F)(F)C(=O)c1ccc(OC)cc1. The Morgan fingerprint density at radius 2 is 1.69 bits per heavy atom. The van der Waals surface area contributed by atoms with Crippen molar-refractivity contribution in [3.8, 4) is 5.75 Å². The van der Waals surface area contributed by atoms with Crippen molar-refractivity contribution in [3.05, 3.63) is 65.7 Å². The Hall–Kier alpha value is -2.96. The lowest BCUT2D eigenvalue weighted by Gasteiger charge is -2.27. The molecule has 0 radical (unpaired) electrons. The number of benzene rings is 2. The second-order valence-electron chi connectivity index (χ2n) is 5.39. The highest BCUT2D eigenvalue weighted by atomic mass is 19.3. The van der Waals surface area contributed by atoms with Gasteiger partial charge >= 0.3 is 12.0 Å². The second kappa shape index (κ2) is 8.42. The fraction of sp³-hybridized carbons (Fsp3) is 0.263. The lowest BCUT2D eigenvalue weighted by atomic mass is 9.94. The molecule has 138 valence electrons. The van der Waals surface area contributed by atoms with Gasteiger partial charge in [-0.25, -0.2) is 4.79 Å². The number of Topliss-reactive ketones (excluding diaryl/α,β-unsaturated/α-hetero) is 1. The third kappa shape index (κ3) is 4.36. The van der Waals surface area contributed by atoms with Crippen LogP contribution in [0.2, 0.25) is 0 Å². The molecule has 2 aromatic rings. The number of hydrogen-bond acceptors (Lipinski definition) is 4. The number of ketones is 1. The van der Waals surface area contributed by atoms with Crippen molar-refractivity contribution in [1.82, 2.24) is 5.32 Å². The van der Waals surface area contributed by atoms with Crippen LogP contribution in [0.4, 0.5) is 13.6 Å². The Morgan fingerprint density at radius 3 is 2.23 bits per heavy atom. The molecule has 5 nitrogen and oxygen atoms in total. The lowest BCUT2D eigenvalue weighted by Crippen LogP contribution is -2.45. The van der Waals surface area contributed by atoms with Gasteiger partial charge in [0.05, 0.1) is 13.7 Å². The van der Waals surface area contributed by atoms with Crippen LogP contribution in [-0.4, -0.2) is 31.5 Å². The van der Waals surface area contributed by atoms with Crippen molar-refractivity contribution >= 4 is 11.9 Å². The van der Waals surface area contributed by atoms with E-state index in [1.807, 2.05) is 0 Å². The maximum atomic E-state index is 15.0. The van der Waals surface area contributed by atoms with Crippen LogP contribution in [0.15, 0.2) is 54.6 Å². The van der Waals surface area contributed by atoms with Crippen molar-refractivity contribution in [1.29, 1.82) is 0 Å². The van der Waals surface area contributed by atoms with Crippen LogP contribution < -0.4 is 10.1 Å². The standard InChI is InChI=1S/C19H19F2NO4/c1-3-26-18(24)22-16(13-7-5-4-6-8-13)19(20,21)17(23)14-9-11-15(25-2)12-10-14/h4-12,16H,3H2,1-2H3,(H,22,24). The Bertz CT molecular complexity index is 748. The van der Waals surface area contributed by atoms with Crippen molar-refractivity contribution in [2.75, 3.05) is 13.7 Å². The highest BCUT2D eigenvalue weighted by Crippen LogP contribution is 2.35.